The van der Waals surface area contributed by atoms with Gasteiger partial charge in [0.1, 0.15) is 6.10 Å². The molecule has 2 saturated heterocycles. The summed E-state index contributed by atoms with van der Waals surface area (Å²) < 4.78 is 5.71. The predicted octanol–water partition coefficient (Wildman–Crippen LogP) is 1.96. The van der Waals surface area contributed by atoms with E-state index in [1.165, 1.54) is 12.8 Å². The first-order valence-electron chi connectivity index (χ1n) is 7.09. The number of rotatable bonds is 0. The third-order valence-corrected chi connectivity index (χ3v) is 5.05. The molecular formula is C14H23NO2. The van der Waals surface area contributed by atoms with Crippen molar-refractivity contribution in [2.24, 2.45) is 23.7 Å². The summed E-state index contributed by atoms with van der Waals surface area (Å²) >= 11 is 0. The maximum atomic E-state index is 12.1. The van der Waals surface area contributed by atoms with E-state index in [2.05, 4.69) is 19.2 Å². The van der Waals surface area contributed by atoms with Crippen LogP contribution in [0.3, 0.4) is 0 Å². The smallest absolute Gasteiger partial charge is 0.309 e. The van der Waals surface area contributed by atoms with Gasteiger partial charge in [0.05, 0.1) is 5.92 Å². The molecule has 3 fully saturated rings. The molecule has 1 saturated carbocycles. The largest absolute Gasteiger partial charge is 0.462 e. The Bertz CT molecular complexity index is 317. The van der Waals surface area contributed by atoms with Crippen LogP contribution in [0.1, 0.15) is 39.5 Å². The number of carbonyl (C=O) groups excluding carboxylic acids is 1. The van der Waals surface area contributed by atoms with E-state index in [9.17, 15) is 4.79 Å². The SMILES string of the molecule is CC1CCC2C(C1)OC(=O)C1CC(C)NCC12. The molecule has 1 aliphatic carbocycles. The summed E-state index contributed by atoms with van der Waals surface area (Å²) in [6, 6.07) is 0.461. The lowest BCUT2D eigenvalue weighted by Crippen LogP contribution is -2.56. The zero-order valence-electron chi connectivity index (χ0n) is 10.8. The summed E-state index contributed by atoms with van der Waals surface area (Å²) in [5.41, 5.74) is 0. The number of ether oxygens (including phenoxy) is 1. The maximum Gasteiger partial charge on any atom is 0.309 e. The second-order valence-corrected chi connectivity index (χ2v) is 6.37. The van der Waals surface area contributed by atoms with E-state index in [4.69, 9.17) is 4.74 Å². The van der Waals surface area contributed by atoms with Crippen LogP contribution in [-0.4, -0.2) is 24.7 Å². The van der Waals surface area contributed by atoms with E-state index in [1.54, 1.807) is 0 Å². The van der Waals surface area contributed by atoms with Crippen molar-refractivity contribution in [1.29, 1.82) is 0 Å². The quantitative estimate of drug-likeness (QED) is 0.655. The summed E-state index contributed by atoms with van der Waals surface area (Å²) in [7, 11) is 0. The van der Waals surface area contributed by atoms with Gasteiger partial charge in [0.2, 0.25) is 0 Å². The summed E-state index contributed by atoms with van der Waals surface area (Å²) in [5.74, 6) is 2.12. The zero-order valence-corrected chi connectivity index (χ0v) is 10.8. The van der Waals surface area contributed by atoms with E-state index in [-0.39, 0.29) is 18.0 Å². The first-order chi connectivity index (χ1) is 8.15. The molecule has 6 unspecified atom stereocenters. The van der Waals surface area contributed by atoms with Gasteiger partial charge in [0, 0.05) is 12.0 Å². The van der Waals surface area contributed by atoms with Crippen molar-refractivity contribution in [3.05, 3.63) is 0 Å². The number of nitrogens with one attached hydrogen (secondary N) is 1. The molecule has 0 radical (unpaired) electrons. The van der Waals surface area contributed by atoms with Crippen molar-refractivity contribution in [3.63, 3.8) is 0 Å². The molecule has 0 aromatic heterocycles. The fourth-order valence-corrected chi connectivity index (χ4v) is 4.05. The minimum atomic E-state index is 0.0821. The lowest BCUT2D eigenvalue weighted by molar-refractivity contribution is -0.180. The third-order valence-electron chi connectivity index (χ3n) is 5.05. The molecule has 17 heavy (non-hydrogen) atoms. The summed E-state index contributed by atoms with van der Waals surface area (Å²) in [6.07, 6.45) is 4.80. The molecule has 2 aliphatic heterocycles. The number of hydrogen-bond donors (Lipinski definition) is 1. The molecule has 0 spiro atoms. The topological polar surface area (TPSA) is 38.3 Å². The average Bonchev–Trinajstić information content (AvgIpc) is 2.29. The molecule has 3 nitrogen and oxygen atoms in total. The van der Waals surface area contributed by atoms with Crippen molar-refractivity contribution in [2.45, 2.75) is 51.7 Å². The fourth-order valence-electron chi connectivity index (χ4n) is 4.05. The van der Waals surface area contributed by atoms with Gasteiger partial charge in [0.25, 0.3) is 0 Å². The van der Waals surface area contributed by atoms with Gasteiger partial charge in [-0.15, -0.1) is 0 Å². The highest BCUT2D eigenvalue weighted by atomic mass is 16.5. The van der Waals surface area contributed by atoms with Crippen LogP contribution in [0.5, 0.6) is 0 Å². The van der Waals surface area contributed by atoms with E-state index in [0.717, 1.165) is 25.3 Å². The van der Waals surface area contributed by atoms with Gasteiger partial charge in [-0.25, -0.2) is 0 Å². The lowest BCUT2D eigenvalue weighted by Gasteiger charge is -2.48. The molecule has 0 aromatic carbocycles. The fraction of sp³-hybridized carbons (Fsp3) is 0.929. The van der Waals surface area contributed by atoms with Crippen LogP contribution in [0.25, 0.3) is 0 Å². The Morgan fingerprint density at radius 2 is 2.00 bits per heavy atom. The van der Waals surface area contributed by atoms with Crippen LogP contribution in [0.4, 0.5) is 0 Å². The van der Waals surface area contributed by atoms with Crippen LogP contribution in [-0.2, 0) is 9.53 Å². The average molecular weight is 237 g/mol. The molecule has 96 valence electrons. The maximum absolute atomic E-state index is 12.1. The highest BCUT2D eigenvalue weighted by Gasteiger charge is 2.48. The highest BCUT2D eigenvalue weighted by Crippen LogP contribution is 2.44. The molecule has 3 rings (SSSR count). The highest BCUT2D eigenvalue weighted by molar-refractivity contribution is 5.74. The van der Waals surface area contributed by atoms with Crippen LogP contribution < -0.4 is 5.32 Å². The van der Waals surface area contributed by atoms with Crippen LogP contribution in [0, 0.1) is 23.7 Å². The molecule has 0 bridgehead atoms. The third kappa shape index (κ3) is 1.99. The molecule has 6 atom stereocenters. The Morgan fingerprint density at radius 3 is 2.82 bits per heavy atom. The normalized spacial score (nSPS) is 50.1. The van der Waals surface area contributed by atoms with E-state index in [1.807, 2.05) is 0 Å². The summed E-state index contributed by atoms with van der Waals surface area (Å²) in [5, 5.41) is 3.54. The van der Waals surface area contributed by atoms with E-state index < -0.39 is 0 Å². The molecule has 3 heteroatoms. The van der Waals surface area contributed by atoms with Gasteiger partial charge in [-0.05, 0) is 44.6 Å². The molecule has 1 N–H and O–H groups in total. The standard InChI is InChI=1S/C14H23NO2/c1-8-3-4-10-12-7-15-9(2)6-11(12)14(16)17-13(10)5-8/h8-13,15H,3-7H2,1-2H3. The summed E-state index contributed by atoms with van der Waals surface area (Å²) in [4.78, 5) is 12.1. The number of esters is 1. The van der Waals surface area contributed by atoms with Gasteiger partial charge in [-0.3, -0.25) is 4.79 Å². The Balaban J connectivity index is 1.79. The van der Waals surface area contributed by atoms with E-state index >= 15 is 0 Å². The van der Waals surface area contributed by atoms with Crippen molar-refractivity contribution < 1.29 is 9.53 Å². The van der Waals surface area contributed by atoms with E-state index in [0.29, 0.717) is 17.9 Å². The second kappa shape index (κ2) is 4.27. The molecule has 0 aromatic rings. The van der Waals surface area contributed by atoms with Gasteiger partial charge in [-0.2, -0.15) is 0 Å². The predicted molar refractivity (Wildman–Crippen MR) is 65.4 cm³/mol. The van der Waals surface area contributed by atoms with Crippen LogP contribution >= 0.6 is 0 Å². The molecule has 3 aliphatic rings. The first-order valence-corrected chi connectivity index (χ1v) is 7.09. The van der Waals surface area contributed by atoms with Gasteiger partial charge < -0.3 is 10.1 Å². The minimum Gasteiger partial charge on any atom is -0.462 e. The van der Waals surface area contributed by atoms with Crippen molar-refractivity contribution in [3.8, 4) is 0 Å². The number of fused-ring (bicyclic) bond motifs is 3. The van der Waals surface area contributed by atoms with Crippen molar-refractivity contribution >= 4 is 5.97 Å². The minimum absolute atomic E-state index is 0.0821. The number of piperidine rings is 1. The summed E-state index contributed by atoms with van der Waals surface area (Å²) in [6.45, 7) is 5.45. The Kier molecular flexibility index (Phi) is 2.89. The number of carbonyl (C=O) groups is 1. The van der Waals surface area contributed by atoms with Gasteiger partial charge in [0.15, 0.2) is 0 Å². The van der Waals surface area contributed by atoms with Crippen molar-refractivity contribution in [1.82, 2.24) is 5.32 Å². The zero-order chi connectivity index (χ0) is 12.0. The Hall–Kier alpha value is -0.570. The number of hydrogen-bond acceptors (Lipinski definition) is 3. The monoisotopic (exact) mass is 237 g/mol. The first kappa shape index (κ1) is 11.5. The Morgan fingerprint density at radius 1 is 1.18 bits per heavy atom. The second-order valence-electron chi connectivity index (χ2n) is 6.37. The van der Waals surface area contributed by atoms with Crippen LogP contribution in [0.2, 0.25) is 0 Å². The molecule has 0 amide bonds. The lowest BCUT2D eigenvalue weighted by atomic mass is 9.66. The molecule has 2 heterocycles. The molecular weight excluding hydrogens is 214 g/mol. The Labute approximate surface area is 103 Å². The van der Waals surface area contributed by atoms with Crippen molar-refractivity contribution in [2.75, 3.05) is 6.54 Å². The van der Waals surface area contributed by atoms with Crippen LogP contribution in [0.15, 0.2) is 0 Å². The van der Waals surface area contributed by atoms with Gasteiger partial charge >= 0.3 is 5.97 Å². The van der Waals surface area contributed by atoms with Gasteiger partial charge in [-0.1, -0.05) is 13.3 Å².